The molecular weight excluding hydrogens is 562 g/mol. The van der Waals surface area contributed by atoms with Gasteiger partial charge in [0.25, 0.3) is 11.8 Å². The molecule has 1 unspecified atom stereocenters. The predicted octanol–water partition coefficient (Wildman–Crippen LogP) is 5.61. The van der Waals surface area contributed by atoms with E-state index >= 15 is 8.78 Å². The van der Waals surface area contributed by atoms with Crippen LogP contribution in [-0.4, -0.2) is 46.2 Å². The maximum absolute atomic E-state index is 15.8. The SMILES string of the molecule is Cc1ccc(C(=O)O)c(Oc2nc(Oc3cccc(-c4cccc(CN)c4)c3)c(F)c(OC3CCN(C(N)=O)C3)c2F)c1. The van der Waals surface area contributed by atoms with E-state index < -0.39 is 47.2 Å². The zero-order chi connectivity index (χ0) is 30.7. The second-order valence-corrected chi connectivity index (χ2v) is 9.93. The number of nitrogens with zero attached hydrogens (tertiary/aromatic N) is 2. The topological polar surface area (TPSA) is 150 Å². The van der Waals surface area contributed by atoms with Gasteiger partial charge in [-0.1, -0.05) is 36.4 Å². The molecular formula is C31H28F2N4O6. The second kappa shape index (κ2) is 12.3. The van der Waals surface area contributed by atoms with Crippen LogP contribution in [0.25, 0.3) is 11.1 Å². The van der Waals surface area contributed by atoms with E-state index in [2.05, 4.69) is 4.98 Å². The average Bonchev–Trinajstić information content (AvgIpc) is 3.47. The monoisotopic (exact) mass is 590 g/mol. The van der Waals surface area contributed by atoms with Crippen LogP contribution in [0.5, 0.6) is 29.0 Å². The van der Waals surface area contributed by atoms with Crippen molar-refractivity contribution >= 4 is 12.0 Å². The summed E-state index contributed by atoms with van der Waals surface area (Å²) in [6, 6.07) is 17.8. The minimum atomic E-state index is -1.32. The van der Waals surface area contributed by atoms with E-state index in [1.165, 1.54) is 17.0 Å². The largest absolute Gasteiger partial charge is 0.482 e. The lowest BCUT2D eigenvalue weighted by atomic mass is 10.0. The van der Waals surface area contributed by atoms with E-state index in [-0.39, 0.29) is 36.6 Å². The summed E-state index contributed by atoms with van der Waals surface area (Å²) in [7, 11) is 0. The average molecular weight is 591 g/mol. The van der Waals surface area contributed by atoms with Gasteiger partial charge in [0.1, 0.15) is 23.2 Å². The Hall–Kier alpha value is -5.23. The Labute approximate surface area is 245 Å². The summed E-state index contributed by atoms with van der Waals surface area (Å²) in [4.78, 5) is 28.6. The van der Waals surface area contributed by atoms with Gasteiger partial charge < -0.3 is 35.7 Å². The van der Waals surface area contributed by atoms with Gasteiger partial charge in [0, 0.05) is 19.5 Å². The minimum absolute atomic E-state index is 0.00781. The number of likely N-dealkylation sites (tertiary alicyclic amines) is 1. The molecule has 2 heterocycles. The van der Waals surface area contributed by atoms with Crippen molar-refractivity contribution in [2.24, 2.45) is 11.5 Å². The molecule has 1 saturated heterocycles. The summed E-state index contributed by atoms with van der Waals surface area (Å²) in [6.07, 6.45) is -0.520. The lowest BCUT2D eigenvalue weighted by Crippen LogP contribution is -2.35. The first-order chi connectivity index (χ1) is 20.6. The number of carbonyl (C=O) groups is 2. The van der Waals surface area contributed by atoms with E-state index in [9.17, 15) is 14.7 Å². The Balaban J connectivity index is 1.54. The van der Waals surface area contributed by atoms with Gasteiger partial charge in [-0.05, 0) is 59.5 Å². The van der Waals surface area contributed by atoms with Crippen LogP contribution in [0.2, 0.25) is 0 Å². The van der Waals surface area contributed by atoms with Crippen LogP contribution in [0.15, 0.2) is 66.7 Å². The first kappa shape index (κ1) is 29.3. The molecule has 5 rings (SSSR count). The molecule has 1 fully saturated rings. The highest BCUT2D eigenvalue weighted by atomic mass is 19.1. The first-order valence-corrected chi connectivity index (χ1v) is 13.3. The van der Waals surface area contributed by atoms with Gasteiger partial charge in [-0.3, -0.25) is 0 Å². The number of urea groups is 1. The van der Waals surface area contributed by atoms with Crippen molar-refractivity contribution in [3.63, 3.8) is 0 Å². The van der Waals surface area contributed by atoms with Crippen LogP contribution in [-0.2, 0) is 6.54 Å². The molecule has 0 aliphatic carbocycles. The number of carboxylic acids is 1. The summed E-state index contributed by atoms with van der Waals surface area (Å²) in [5, 5.41) is 9.61. The molecule has 0 bridgehead atoms. The van der Waals surface area contributed by atoms with Crippen molar-refractivity contribution < 1.29 is 37.7 Å². The highest BCUT2D eigenvalue weighted by Gasteiger charge is 2.32. The van der Waals surface area contributed by atoms with Crippen LogP contribution < -0.4 is 25.7 Å². The number of carbonyl (C=O) groups excluding carboxylic acids is 1. The van der Waals surface area contributed by atoms with Crippen LogP contribution in [0, 0.1) is 18.6 Å². The number of amides is 2. The van der Waals surface area contributed by atoms with Crippen molar-refractivity contribution in [3.05, 3.63) is 95.1 Å². The van der Waals surface area contributed by atoms with E-state index in [1.807, 2.05) is 30.3 Å². The standard InChI is InChI=1S/C31H28F2N4O6/c1-17-8-9-23(30(38)39)24(12-17)43-29-26(33)27(41-22-10-11-37(16-22)31(35)40)25(32)28(36-29)42-21-7-3-6-20(14-21)19-5-2-4-18(13-19)15-34/h2-9,12-14,22H,10-11,15-16,34H2,1H3,(H2,35,40)(H,38,39). The fourth-order valence-electron chi connectivity index (χ4n) is 4.63. The number of halogens is 2. The van der Waals surface area contributed by atoms with Crippen LogP contribution in [0.4, 0.5) is 13.6 Å². The smallest absolute Gasteiger partial charge is 0.339 e. The fourth-order valence-corrected chi connectivity index (χ4v) is 4.63. The number of nitrogens with two attached hydrogens (primary N) is 2. The van der Waals surface area contributed by atoms with Crippen molar-refractivity contribution in [2.45, 2.75) is 26.0 Å². The van der Waals surface area contributed by atoms with Crippen LogP contribution in [0.1, 0.15) is 27.9 Å². The molecule has 0 saturated carbocycles. The lowest BCUT2D eigenvalue weighted by molar-refractivity contribution is 0.0694. The molecule has 4 aromatic rings. The quantitative estimate of drug-likeness (QED) is 0.228. The van der Waals surface area contributed by atoms with Crippen molar-refractivity contribution in [3.8, 4) is 40.1 Å². The number of ether oxygens (including phenoxy) is 3. The molecule has 1 aliphatic rings. The molecule has 0 radical (unpaired) electrons. The summed E-state index contributed by atoms with van der Waals surface area (Å²) < 4.78 is 48.6. The molecule has 222 valence electrons. The van der Waals surface area contributed by atoms with E-state index in [4.69, 9.17) is 25.7 Å². The third-order valence-electron chi connectivity index (χ3n) is 6.84. The Bertz CT molecular complexity index is 1700. The molecule has 2 amide bonds. The van der Waals surface area contributed by atoms with Gasteiger partial charge in [0.15, 0.2) is 0 Å². The highest BCUT2D eigenvalue weighted by molar-refractivity contribution is 5.91. The molecule has 12 heteroatoms. The maximum Gasteiger partial charge on any atom is 0.339 e. The molecule has 1 aromatic heterocycles. The van der Waals surface area contributed by atoms with E-state index in [0.717, 1.165) is 16.7 Å². The second-order valence-electron chi connectivity index (χ2n) is 9.93. The number of pyridine rings is 1. The summed E-state index contributed by atoms with van der Waals surface area (Å²) >= 11 is 0. The van der Waals surface area contributed by atoms with Gasteiger partial charge >= 0.3 is 12.0 Å². The van der Waals surface area contributed by atoms with E-state index in [0.29, 0.717) is 12.1 Å². The van der Waals surface area contributed by atoms with Crippen LogP contribution >= 0.6 is 0 Å². The molecule has 0 spiro atoms. The number of benzene rings is 3. The number of aromatic carboxylic acids is 1. The zero-order valence-corrected chi connectivity index (χ0v) is 23.1. The number of aromatic nitrogens is 1. The molecule has 1 atom stereocenters. The fraction of sp³-hybridized carbons (Fsp3) is 0.194. The van der Waals surface area contributed by atoms with Gasteiger partial charge in [-0.25, -0.2) is 9.59 Å². The normalized spacial score (nSPS) is 14.4. The lowest BCUT2D eigenvalue weighted by Gasteiger charge is -2.19. The number of hydrogen-bond donors (Lipinski definition) is 3. The van der Waals surface area contributed by atoms with Gasteiger partial charge in [-0.2, -0.15) is 13.8 Å². The van der Waals surface area contributed by atoms with Crippen molar-refractivity contribution in [1.29, 1.82) is 0 Å². The molecule has 43 heavy (non-hydrogen) atoms. The summed E-state index contributed by atoms with van der Waals surface area (Å²) in [5.74, 6) is -6.22. The number of rotatable bonds is 9. The number of carboxylic acid groups (broad SMARTS) is 1. The third-order valence-corrected chi connectivity index (χ3v) is 6.84. The number of aryl methyl sites for hydroxylation is 1. The summed E-state index contributed by atoms with van der Waals surface area (Å²) in [5.41, 5.74) is 14.0. The van der Waals surface area contributed by atoms with Gasteiger partial charge in [0.2, 0.25) is 17.4 Å². The van der Waals surface area contributed by atoms with E-state index in [1.54, 1.807) is 31.2 Å². The molecule has 1 aliphatic heterocycles. The number of primary amides is 1. The Morgan fingerprint density at radius 3 is 2.37 bits per heavy atom. The van der Waals surface area contributed by atoms with Gasteiger partial charge in [0.05, 0.1) is 6.54 Å². The van der Waals surface area contributed by atoms with Crippen molar-refractivity contribution in [2.75, 3.05) is 13.1 Å². The molecule has 5 N–H and O–H groups in total. The Morgan fingerprint density at radius 2 is 1.70 bits per heavy atom. The minimum Gasteiger partial charge on any atom is -0.482 e. The number of hydrogen-bond acceptors (Lipinski definition) is 7. The maximum atomic E-state index is 15.8. The predicted molar refractivity (Wildman–Crippen MR) is 152 cm³/mol. The third kappa shape index (κ3) is 6.49. The first-order valence-electron chi connectivity index (χ1n) is 13.3. The van der Waals surface area contributed by atoms with Crippen molar-refractivity contribution in [1.82, 2.24) is 9.88 Å². The molecule has 3 aromatic carbocycles. The Morgan fingerprint density at radius 1 is 1.00 bits per heavy atom. The van der Waals surface area contributed by atoms with Gasteiger partial charge in [-0.15, -0.1) is 0 Å². The van der Waals surface area contributed by atoms with Crippen LogP contribution in [0.3, 0.4) is 0 Å². The molecule has 10 nitrogen and oxygen atoms in total. The Kier molecular flexibility index (Phi) is 8.39. The zero-order valence-electron chi connectivity index (χ0n) is 23.1. The highest BCUT2D eigenvalue weighted by Crippen LogP contribution is 2.40. The summed E-state index contributed by atoms with van der Waals surface area (Å²) in [6.45, 7) is 2.29.